The van der Waals surface area contributed by atoms with Crippen molar-refractivity contribution in [2.45, 2.75) is 13.3 Å². The van der Waals surface area contributed by atoms with E-state index in [4.69, 9.17) is 17.3 Å². The van der Waals surface area contributed by atoms with Gasteiger partial charge in [-0.1, -0.05) is 23.4 Å². The van der Waals surface area contributed by atoms with Gasteiger partial charge in [-0.3, -0.25) is 4.79 Å². The summed E-state index contributed by atoms with van der Waals surface area (Å²) in [7, 11) is 0. The third-order valence-corrected chi connectivity index (χ3v) is 2.33. The average Bonchev–Trinajstić information content (AvgIpc) is 2.28. The number of halogens is 2. The van der Waals surface area contributed by atoms with Gasteiger partial charge in [0.15, 0.2) is 5.82 Å². The van der Waals surface area contributed by atoms with Crippen LogP contribution in [0.3, 0.4) is 0 Å². The molecule has 3 nitrogen and oxygen atoms in total. The first kappa shape index (κ1) is 13.3. The number of nitrogens with one attached hydrogen (secondary N) is 1. The zero-order valence-corrected chi connectivity index (χ0v) is 10.1. The minimum atomic E-state index is -0.652. The van der Waals surface area contributed by atoms with Crippen LogP contribution in [0.25, 0.3) is 0 Å². The maximum atomic E-state index is 13.3. The fraction of sp³-hybridized carbons (Fsp3) is 0.250. The first-order valence-corrected chi connectivity index (χ1v) is 5.37. The molecule has 17 heavy (non-hydrogen) atoms. The van der Waals surface area contributed by atoms with Crippen molar-refractivity contribution >= 4 is 23.2 Å². The summed E-state index contributed by atoms with van der Waals surface area (Å²) in [6.07, 6.45) is 0.474. The molecule has 0 heterocycles. The minimum absolute atomic E-state index is 0.00111. The highest BCUT2D eigenvalue weighted by atomic mass is 35.5. The van der Waals surface area contributed by atoms with Crippen molar-refractivity contribution in [1.82, 2.24) is 5.32 Å². The van der Waals surface area contributed by atoms with E-state index in [0.29, 0.717) is 18.5 Å². The molecule has 0 aliphatic heterocycles. The Kier molecular flexibility index (Phi) is 4.80. The Morgan fingerprint density at radius 2 is 2.29 bits per heavy atom. The number of carbonyl (C=O) groups is 1. The molecular weight excluding hydrogens is 243 g/mol. The van der Waals surface area contributed by atoms with E-state index in [2.05, 4.69) is 17.2 Å². The van der Waals surface area contributed by atoms with Gasteiger partial charge in [0.05, 0.1) is 10.7 Å². The molecule has 0 radical (unpaired) electrons. The van der Waals surface area contributed by atoms with Crippen LogP contribution in [0.1, 0.15) is 18.9 Å². The highest BCUT2D eigenvalue weighted by Crippen LogP contribution is 2.23. The van der Waals surface area contributed by atoms with Crippen LogP contribution in [0.4, 0.5) is 10.1 Å². The Balaban J connectivity index is 2.66. The smallest absolute Gasteiger partial charge is 0.216 e. The lowest BCUT2D eigenvalue weighted by Gasteiger charge is -2.00. The zero-order valence-electron chi connectivity index (χ0n) is 9.31. The van der Waals surface area contributed by atoms with E-state index >= 15 is 0 Å². The summed E-state index contributed by atoms with van der Waals surface area (Å²) in [5.74, 6) is 4.75. The maximum absolute atomic E-state index is 13.3. The first-order valence-electron chi connectivity index (χ1n) is 4.99. The van der Waals surface area contributed by atoms with Crippen molar-refractivity contribution in [1.29, 1.82) is 0 Å². The number of benzene rings is 1. The van der Waals surface area contributed by atoms with Gasteiger partial charge < -0.3 is 11.1 Å². The van der Waals surface area contributed by atoms with E-state index in [9.17, 15) is 9.18 Å². The predicted molar refractivity (Wildman–Crippen MR) is 66.0 cm³/mol. The van der Waals surface area contributed by atoms with Crippen molar-refractivity contribution < 1.29 is 9.18 Å². The number of hydrogen-bond donors (Lipinski definition) is 2. The van der Waals surface area contributed by atoms with Crippen LogP contribution in [0.5, 0.6) is 0 Å². The molecule has 0 atom stereocenters. The molecule has 0 aromatic heterocycles. The lowest BCUT2D eigenvalue weighted by molar-refractivity contribution is -0.118. The summed E-state index contributed by atoms with van der Waals surface area (Å²) in [5, 5.41) is 2.53. The number of nitrogens with two attached hydrogens (primary N) is 1. The summed E-state index contributed by atoms with van der Waals surface area (Å²) in [6, 6.07) is 2.98. The van der Waals surface area contributed by atoms with E-state index in [1.54, 1.807) is 6.07 Å². The molecule has 0 spiro atoms. The molecule has 0 aliphatic carbocycles. The minimum Gasteiger partial charge on any atom is -0.396 e. The Labute approximate surface area is 104 Å². The first-order chi connectivity index (χ1) is 8.02. The van der Waals surface area contributed by atoms with Crippen molar-refractivity contribution in [2.24, 2.45) is 0 Å². The van der Waals surface area contributed by atoms with Crippen molar-refractivity contribution in [2.75, 3.05) is 12.3 Å². The van der Waals surface area contributed by atoms with Gasteiger partial charge in [0, 0.05) is 25.5 Å². The normalized spacial score (nSPS) is 9.35. The second-order valence-corrected chi connectivity index (χ2v) is 3.74. The predicted octanol–water partition coefficient (Wildman–Crippen LogP) is 1.94. The number of hydrogen-bond acceptors (Lipinski definition) is 2. The quantitative estimate of drug-likeness (QED) is 0.481. The van der Waals surface area contributed by atoms with E-state index < -0.39 is 5.82 Å². The molecule has 1 aromatic carbocycles. The zero-order chi connectivity index (χ0) is 12.8. The molecule has 0 bridgehead atoms. The number of carbonyl (C=O) groups excluding carboxylic acids is 1. The second kappa shape index (κ2) is 6.12. The van der Waals surface area contributed by atoms with Crippen LogP contribution in [-0.4, -0.2) is 12.5 Å². The topological polar surface area (TPSA) is 55.1 Å². The molecule has 0 aliphatic rings. The lowest BCUT2D eigenvalue weighted by Crippen LogP contribution is -2.20. The van der Waals surface area contributed by atoms with Crippen molar-refractivity contribution in [3.63, 3.8) is 0 Å². The van der Waals surface area contributed by atoms with Gasteiger partial charge in [-0.05, 0) is 12.1 Å². The third kappa shape index (κ3) is 3.97. The van der Waals surface area contributed by atoms with E-state index in [-0.39, 0.29) is 16.6 Å². The van der Waals surface area contributed by atoms with Crippen molar-refractivity contribution in [3.05, 3.63) is 28.5 Å². The molecule has 1 amide bonds. The van der Waals surface area contributed by atoms with Crippen LogP contribution in [0.2, 0.25) is 5.02 Å². The Bertz CT molecular complexity index is 491. The average molecular weight is 255 g/mol. The van der Waals surface area contributed by atoms with Gasteiger partial charge in [-0.2, -0.15) is 0 Å². The number of nitrogen functional groups attached to an aromatic ring is 1. The van der Waals surface area contributed by atoms with E-state index in [1.807, 2.05) is 0 Å². The van der Waals surface area contributed by atoms with E-state index in [0.717, 1.165) is 0 Å². The van der Waals surface area contributed by atoms with Crippen LogP contribution >= 0.6 is 11.6 Å². The number of rotatable bonds is 2. The second-order valence-electron chi connectivity index (χ2n) is 3.37. The molecule has 1 aromatic rings. The SMILES string of the molecule is CC(=O)NCCC#Cc1ccc(N)c(F)c1Cl. The van der Waals surface area contributed by atoms with Gasteiger partial charge in [0.25, 0.3) is 0 Å². The highest BCUT2D eigenvalue weighted by Gasteiger charge is 2.07. The summed E-state index contributed by atoms with van der Waals surface area (Å²) >= 11 is 5.73. The molecule has 0 saturated carbocycles. The number of amides is 1. The van der Waals surface area contributed by atoms with Gasteiger partial charge in [-0.15, -0.1) is 0 Å². The summed E-state index contributed by atoms with van der Waals surface area (Å²) in [5.41, 5.74) is 5.73. The van der Waals surface area contributed by atoms with Crippen LogP contribution in [0, 0.1) is 17.7 Å². The summed E-state index contributed by atoms with van der Waals surface area (Å²) in [6.45, 7) is 1.89. The van der Waals surface area contributed by atoms with Crippen LogP contribution in [-0.2, 0) is 4.79 Å². The monoisotopic (exact) mass is 254 g/mol. The molecule has 90 valence electrons. The molecule has 1 rings (SSSR count). The maximum Gasteiger partial charge on any atom is 0.216 e. The fourth-order valence-electron chi connectivity index (χ4n) is 1.12. The van der Waals surface area contributed by atoms with Crippen LogP contribution in [0.15, 0.2) is 12.1 Å². The molecular formula is C12H12ClFN2O. The largest absolute Gasteiger partial charge is 0.396 e. The molecule has 3 N–H and O–H groups in total. The highest BCUT2D eigenvalue weighted by molar-refractivity contribution is 6.32. The summed E-state index contributed by atoms with van der Waals surface area (Å²) < 4.78 is 13.3. The molecule has 0 unspecified atom stereocenters. The Morgan fingerprint density at radius 3 is 2.94 bits per heavy atom. The molecule has 0 saturated heterocycles. The van der Waals surface area contributed by atoms with E-state index in [1.165, 1.54) is 13.0 Å². The van der Waals surface area contributed by atoms with Crippen LogP contribution < -0.4 is 11.1 Å². The lowest BCUT2D eigenvalue weighted by atomic mass is 10.2. The molecule has 0 fully saturated rings. The van der Waals surface area contributed by atoms with Gasteiger partial charge in [0.2, 0.25) is 5.91 Å². The Hall–Kier alpha value is -1.73. The standard InChI is InChI=1S/C12H12ClFN2O/c1-8(17)16-7-3-2-4-9-5-6-10(15)12(14)11(9)13/h5-6H,3,7,15H2,1H3,(H,16,17). The van der Waals surface area contributed by atoms with Gasteiger partial charge in [-0.25, -0.2) is 4.39 Å². The number of anilines is 1. The molecule has 5 heteroatoms. The Morgan fingerprint density at radius 1 is 1.59 bits per heavy atom. The third-order valence-electron chi connectivity index (χ3n) is 1.96. The van der Waals surface area contributed by atoms with Gasteiger partial charge >= 0.3 is 0 Å². The summed E-state index contributed by atoms with van der Waals surface area (Å²) in [4.78, 5) is 10.6. The van der Waals surface area contributed by atoms with Gasteiger partial charge in [0.1, 0.15) is 0 Å². The fourth-order valence-corrected chi connectivity index (χ4v) is 1.34. The van der Waals surface area contributed by atoms with Crippen molar-refractivity contribution in [3.8, 4) is 11.8 Å².